The minimum atomic E-state index is -0.988. The van der Waals surface area contributed by atoms with Crippen molar-refractivity contribution in [3.05, 3.63) is 28.2 Å². The second kappa shape index (κ2) is 8.44. The van der Waals surface area contributed by atoms with Crippen molar-refractivity contribution in [2.45, 2.75) is 49.8 Å². The summed E-state index contributed by atoms with van der Waals surface area (Å²) >= 11 is 4.59. The standard InChI is InChI=1S/C15H20BrNO3S/c1-4-11(5-2)17-14(18)9(3)21-13-8-10(16)6-7-12(13)15(19)20/h6-9,11H,4-5H2,1-3H3,(H,17,18)(H,19,20). The molecule has 116 valence electrons. The lowest BCUT2D eigenvalue weighted by Gasteiger charge is -2.18. The highest BCUT2D eigenvalue weighted by Gasteiger charge is 2.20. The number of rotatable bonds is 7. The highest BCUT2D eigenvalue weighted by atomic mass is 79.9. The maximum absolute atomic E-state index is 12.2. The average molecular weight is 374 g/mol. The molecular weight excluding hydrogens is 354 g/mol. The molecule has 0 aliphatic heterocycles. The van der Waals surface area contributed by atoms with E-state index in [-0.39, 0.29) is 22.8 Å². The summed E-state index contributed by atoms with van der Waals surface area (Å²) in [4.78, 5) is 24.0. The van der Waals surface area contributed by atoms with Gasteiger partial charge in [0.05, 0.1) is 10.8 Å². The molecule has 0 radical (unpaired) electrons. The fourth-order valence-corrected chi connectivity index (χ4v) is 3.37. The number of carbonyl (C=O) groups is 2. The van der Waals surface area contributed by atoms with Crippen LogP contribution in [0.3, 0.4) is 0 Å². The van der Waals surface area contributed by atoms with E-state index in [0.717, 1.165) is 17.3 Å². The minimum absolute atomic E-state index is 0.0648. The highest BCUT2D eigenvalue weighted by Crippen LogP contribution is 2.30. The third-order valence-corrected chi connectivity index (χ3v) is 4.83. The third-order valence-electron chi connectivity index (χ3n) is 3.18. The number of hydrogen-bond acceptors (Lipinski definition) is 3. The number of nitrogens with one attached hydrogen (secondary N) is 1. The van der Waals surface area contributed by atoms with Crippen molar-refractivity contribution in [1.82, 2.24) is 5.32 Å². The smallest absolute Gasteiger partial charge is 0.336 e. The highest BCUT2D eigenvalue weighted by molar-refractivity contribution is 9.10. The fraction of sp³-hybridized carbons (Fsp3) is 0.467. The van der Waals surface area contributed by atoms with E-state index in [9.17, 15) is 14.7 Å². The molecule has 4 nitrogen and oxygen atoms in total. The van der Waals surface area contributed by atoms with Gasteiger partial charge in [-0.1, -0.05) is 29.8 Å². The molecule has 1 aromatic rings. The zero-order chi connectivity index (χ0) is 16.0. The summed E-state index contributed by atoms with van der Waals surface area (Å²) in [6.07, 6.45) is 1.77. The maximum Gasteiger partial charge on any atom is 0.336 e. The Morgan fingerprint density at radius 3 is 2.48 bits per heavy atom. The van der Waals surface area contributed by atoms with Crippen LogP contribution in [0.25, 0.3) is 0 Å². The molecule has 0 aromatic heterocycles. The van der Waals surface area contributed by atoms with Crippen LogP contribution in [0.2, 0.25) is 0 Å². The number of carboxylic acids is 1. The number of carbonyl (C=O) groups excluding carboxylic acids is 1. The van der Waals surface area contributed by atoms with E-state index in [1.807, 2.05) is 13.8 Å². The molecule has 1 atom stereocenters. The molecule has 0 aliphatic rings. The van der Waals surface area contributed by atoms with Gasteiger partial charge in [0.15, 0.2) is 0 Å². The predicted octanol–water partition coefficient (Wildman–Crippen LogP) is 3.93. The molecule has 0 heterocycles. The normalized spacial score (nSPS) is 12.2. The largest absolute Gasteiger partial charge is 0.478 e. The molecule has 0 saturated heterocycles. The van der Waals surface area contributed by atoms with Crippen molar-refractivity contribution in [3.63, 3.8) is 0 Å². The Kier molecular flexibility index (Phi) is 7.25. The predicted molar refractivity (Wildman–Crippen MR) is 88.9 cm³/mol. The van der Waals surface area contributed by atoms with Crippen molar-refractivity contribution in [3.8, 4) is 0 Å². The lowest BCUT2D eigenvalue weighted by Crippen LogP contribution is -2.38. The van der Waals surface area contributed by atoms with Crippen molar-refractivity contribution >= 4 is 39.6 Å². The van der Waals surface area contributed by atoms with E-state index in [2.05, 4.69) is 21.2 Å². The van der Waals surface area contributed by atoms with Crippen molar-refractivity contribution in [2.75, 3.05) is 0 Å². The van der Waals surface area contributed by atoms with Crippen LogP contribution in [-0.4, -0.2) is 28.3 Å². The number of thioether (sulfide) groups is 1. The fourth-order valence-electron chi connectivity index (χ4n) is 1.83. The Bertz CT molecular complexity index is 518. The SMILES string of the molecule is CCC(CC)NC(=O)C(C)Sc1cc(Br)ccc1C(=O)O. The molecule has 1 rings (SSSR count). The van der Waals surface area contributed by atoms with Gasteiger partial charge >= 0.3 is 5.97 Å². The van der Waals surface area contributed by atoms with Crippen molar-refractivity contribution in [2.24, 2.45) is 0 Å². The molecule has 0 fully saturated rings. The molecule has 0 bridgehead atoms. The van der Waals surface area contributed by atoms with E-state index in [1.165, 1.54) is 11.8 Å². The van der Waals surface area contributed by atoms with Gasteiger partial charge in [0.2, 0.25) is 5.91 Å². The summed E-state index contributed by atoms with van der Waals surface area (Å²) in [5.41, 5.74) is 0.213. The van der Waals surface area contributed by atoms with Gasteiger partial charge < -0.3 is 10.4 Å². The first kappa shape index (κ1) is 18.0. The minimum Gasteiger partial charge on any atom is -0.478 e. The van der Waals surface area contributed by atoms with Crippen LogP contribution < -0.4 is 5.32 Å². The summed E-state index contributed by atoms with van der Waals surface area (Å²) < 4.78 is 0.794. The van der Waals surface area contributed by atoms with E-state index in [0.29, 0.717) is 4.90 Å². The lowest BCUT2D eigenvalue weighted by atomic mass is 10.2. The molecular formula is C15H20BrNO3S. The summed E-state index contributed by atoms with van der Waals surface area (Å²) in [7, 11) is 0. The average Bonchev–Trinajstić information content (AvgIpc) is 2.44. The summed E-state index contributed by atoms with van der Waals surface area (Å²) in [6.45, 7) is 5.85. The first-order valence-corrected chi connectivity index (χ1v) is 8.56. The number of benzene rings is 1. The van der Waals surface area contributed by atoms with E-state index in [1.54, 1.807) is 25.1 Å². The van der Waals surface area contributed by atoms with Gasteiger partial charge in [-0.15, -0.1) is 11.8 Å². The van der Waals surface area contributed by atoms with Crippen LogP contribution >= 0.6 is 27.7 Å². The molecule has 1 aromatic carbocycles. The number of amides is 1. The number of aromatic carboxylic acids is 1. The Morgan fingerprint density at radius 1 is 1.33 bits per heavy atom. The van der Waals surface area contributed by atoms with Crippen LogP contribution in [0.4, 0.5) is 0 Å². The second-order valence-corrected chi connectivity index (χ2v) is 7.03. The number of hydrogen-bond donors (Lipinski definition) is 2. The summed E-state index contributed by atoms with van der Waals surface area (Å²) in [5.74, 6) is -1.05. The topological polar surface area (TPSA) is 66.4 Å². The van der Waals surface area contributed by atoms with Crippen LogP contribution in [0, 0.1) is 0 Å². The lowest BCUT2D eigenvalue weighted by molar-refractivity contribution is -0.121. The van der Waals surface area contributed by atoms with Gasteiger partial charge in [-0.05, 0) is 38.0 Å². The van der Waals surface area contributed by atoms with Crippen LogP contribution in [0.5, 0.6) is 0 Å². The number of halogens is 1. The Morgan fingerprint density at radius 2 is 1.95 bits per heavy atom. The first-order chi connectivity index (χ1) is 9.88. The zero-order valence-electron chi connectivity index (χ0n) is 12.4. The van der Waals surface area contributed by atoms with E-state index in [4.69, 9.17) is 0 Å². The van der Waals surface area contributed by atoms with Gasteiger partial charge in [0, 0.05) is 15.4 Å². The van der Waals surface area contributed by atoms with Crippen LogP contribution in [-0.2, 0) is 4.79 Å². The molecule has 21 heavy (non-hydrogen) atoms. The number of carboxylic acid groups (broad SMARTS) is 1. The van der Waals surface area contributed by atoms with E-state index < -0.39 is 5.97 Å². The van der Waals surface area contributed by atoms with Gasteiger partial charge in [-0.3, -0.25) is 4.79 Å². The van der Waals surface area contributed by atoms with Crippen LogP contribution in [0.1, 0.15) is 44.0 Å². The first-order valence-electron chi connectivity index (χ1n) is 6.88. The summed E-state index contributed by atoms with van der Waals surface area (Å²) in [5, 5.41) is 11.8. The monoisotopic (exact) mass is 373 g/mol. The van der Waals surface area contributed by atoms with Crippen molar-refractivity contribution in [1.29, 1.82) is 0 Å². The van der Waals surface area contributed by atoms with Gasteiger partial charge in [0.1, 0.15) is 0 Å². The van der Waals surface area contributed by atoms with E-state index >= 15 is 0 Å². The maximum atomic E-state index is 12.2. The van der Waals surface area contributed by atoms with Crippen LogP contribution in [0.15, 0.2) is 27.6 Å². The Hall–Kier alpha value is -1.01. The molecule has 0 saturated carbocycles. The zero-order valence-corrected chi connectivity index (χ0v) is 14.8. The van der Waals surface area contributed by atoms with Gasteiger partial charge in [-0.2, -0.15) is 0 Å². The van der Waals surface area contributed by atoms with Gasteiger partial charge in [0.25, 0.3) is 0 Å². The Labute approximate surface area is 137 Å². The van der Waals surface area contributed by atoms with Gasteiger partial charge in [-0.25, -0.2) is 4.79 Å². The molecule has 1 unspecified atom stereocenters. The van der Waals surface area contributed by atoms with Crippen molar-refractivity contribution < 1.29 is 14.7 Å². The molecule has 1 amide bonds. The molecule has 0 spiro atoms. The molecule has 6 heteroatoms. The summed E-state index contributed by atoms with van der Waals surface area (Å²) in [6, 6.07) is 5.12. The second-order valence-electron chi connectivity index (χ2n) is 4.73. The Balaban J connectivity index is 2.83. The molecule has 2 N–H and O–H groups in total. The quantitative estimate of drug-likeness (QED) is 0.710. The third kappa shape index (κ3) is 5.36. The molecule has 0 aliphatic carbocycles.